The van der Waals surface area contributed by atoms with Gasteiger partial charge in [0, 0.05) is 20.2 Å². The van der Waals surface area contributed by atoms with Crippen LogP contribution >= 0.6 is 0 Å². The van der Waals surface area contributed by atoms with E-state index >= 15 is 0 Å². The van der Waals surface area contributed by atoms with Crippen LogP contribution in [0.4, 0.5) is 13.2 Å². The van der Waals surface area contributed by atoms with Gasteiger partial charge < -0.3 is 15.0 Å². The summed E-state index contributed by atoms with van der Waals surface area (Å²) >= 11 is 0. The van der Waals surface area contributed by atoms with Crippen LogP contribution in [-0.2, 0) is 17.5 Å². The maximum absolute atomic E-state index is 12.8. The minimum Gasteiger partial charge on any atom is -0.383 e. The average Bonchev–Trinajstić information content (AvgIpc) is 2.44. The van der Waals surface area contributed by atoms with Crippen molar-refractivity contribution in [1.29, 1.82) is 0 Å². The molecule has 1 aromatic carbocycles. The smallest absolute Gasteiger partial charge is 0.383 e. The summed E-state index contributed by atoms with van der Waals surface area (Å²) in [7, 11) is 3.66. The van der Waals surface area contributed by atoms with Gasteiger partial charge in [0.2, 0.25) is 0 Å². The number of hydrogen-bond acceptors (Lipinski definition) is 3. The monoisotopic (exact) mass is 304 g/mol. The van der Waals surface area contributed by atoms with Gasteiger partial charge in [0.25, 0.3) is 0 Å². The number of halogens is 3. The lowest BCUT2D eigenvalue weighted by atomic mass is 10.1. The molecule has 1 N–H and O–H groups in total. The second-order valence-electron chi connectivity index (χ2n) is 4.98. The number of nitrogens with one attached hydrogen (secondary N) is 1. The Balaban J connectivity index is 2.30. The number of rotatable bonds is 9. The molecule has 1 rings (SSSR count). The van der Waals surface area contributed by atoms with Crippen molar-refractivity contribution in [3.8, 4) is 0 Å². The van der Waals surface area contributed by atoms with Crippen LogP contribution in [0, 0.1) is 0 Å². The minimum absolute atomic E-state index is 0.234. The van der Waals surface area contributed by atoms with Crippen molar-refractivity contribution in [3.63, 3.8) is 0 Å². The molecular formula is C15H23F3N2O. The Hall–Kier alpha value is -1.11. The minimum atomic E-state index is -4.29. The second-order valence-corrected chi connectivity index (χ2v) is 4.98. The van der Waals surface area contributed by atoms with Gasteiger partial charge in [-0.15, -0.1) is 0 Å². The molecule has 1 aromatic rings. The predicted octanol–water partition coefficient (Wildman–Crippen LogP) is 2.76. The van der Waals surface area contributed by atoms with Gasteiger partial charge in [0.05, 0.1) is 12.2 Å². The zero-order chi connectivity index (χ0) is 15.7. The number of nitrogens with zero attached hydrogens (tertiary/aromatic N) is 1. The molecule has 0 spiro atoms. The largest absolute Gasteiger partial charge is 0.416 e. The van der Waals surface area contributed by atoms with E-state index < -0.39 is 11.7 Å². The van der Waals surface area contributed by atoms with Crippen molar-refractivity contribution in [3.05, 3.63) is 35.4 Å². The highest BCUT2D eigenvalue weighted by Crippen LogP contribution is 2.31. The standard InChI is InChI=1S/C15H23F3N2O/c1-20(10-11-21-2)9-5-8-19-12-13-6-3-4-7-14(13)15(16,17)18/h3-4,6-7,19H,5,8-12H2,1-2H3. The molecule has 0 bridgehead atoms. The van der Waals surface area contributed by atoms with Gasteiger partial charge >= 0.3 is 6.18 Å². The lowest BCUT2D eigenvalue weighted by molar-refractivity contribution is -0.138. The molecule has 0 aromatic heterocycles. The van der Waals surface area contributed by atoms with Crippen LogP contribution in [0.15, 0.2) is 24.3 Å². The zero-order valence-corrected chi connectivity index (χ0v) is 12.5. The molecule has 0 aliphatic carbocycles. The molecule has 0 aliphatic heterocycles. The lowest BCUT2D eigenvalue weighted by Crippen LogP contribution is -2.27. The summed E-state index contributed by atoms with van der Waals surface area (Å²) in [5.74, 6) is 0. The van der Waals surface area contributed by atoms with Gasteiger partial charge in [-0.3, -0.25) is 0 Å². The Kier molecular flexibility index (Phi) is 7.71. The van der Waals surface area contributed by atoms with Crippen LogP contribution < -0.4 is 5.32 Å². The van der Waals surface area contributed by atoms with Crippen molar-refractivity contribution >= 4 is 0 Å². The SMILES string of the molecule is COCCN(C)CCCNCc1ccccc1C(F)(F)F. The molecule has 21 heavy (non-hydrogen) atoms. The first kappa shape index (κ1) is 17.9. The summed E-state index contributed by atoms with van der Waals surface area (Å²) in [5, 5.41) is 3.07. The van der Waals surface area contributed by atoms with E-state index in [-0.39, 0.29) is 12.1 Å². The molecular weight excluding hydrogens is 281 g/mol. The summed E-state index contributed by atoms with van der Waals surface area (Å²) in [4.78, 5) is 2.13. The van der Waals surface area contributed by atoms with E-state index in [2.05, 4.69) is 10.2 Å². The molecule has 0 atom stereocenters. The van der Waals surface area contributed by atoms with Gasteiger partial charge in [-0.05, 0) is 38.2 Å². The van der Waals surface area contributed by atoms with E-state index in [4.69, 9.17) is 4.74 Å². The molecule has 0 fully saturated rings. The van der Waals surface area contributed by atoms with Crippen LogP contribution in [0.3, 0.4) is 0 Å². The quantitative estimate of drug-likeness (QED) is 0.710. The fourth-order valence-electron chi connectivity index (χ4n) is 2.01. The molecule has 0 unspecified atom stereocenters. The Morgan fingerprint density at radius 2 is 1.90 bits per heavy atom. The number of benzene rings is 1. The Bertz CT molecular complexity index is 410. The zero-order valence-electron chi connectivity index (χ0n) is 12.5. The molecule has 0 saturated carbocycles. The Morgan fingerprint density at radius 1 is 1.19 bits per heavy atom. The topological polar surface area (TPSA) is 24.5 Å². The first-order valence-corrected chi connectivity index (χ1v) is 6.98. The molecule has 0 heterocycles. The maximum Gasteiger partial charge on any atom is 0.416 e. The number of hydrogen-bond donors (Lipinski definition) is 1. The first-order chi connectivity index (χ1) is 9.95. The number of methoxy groups -OCH3 is 1. The van der Waals surface area contributed by atoms with Crippen LogP contribution in [0.5, 0.6) is 0 Å². The highest BCUT2D eigenvalue weighted by molar-refractivity contribution is 5.29. The third-order valence-electron chi connectivity index (χ3n) is 3.21. The van der Waals surface area contributed by atoms with E-state index in [1.807, 2.05) is 7.05 Å². The van der Waals surface area contributed by atoms with Gasteiger partial charge in [-0.2, -0.15) is 13.2 Å². The molecule has 6 heteroatoms. The maximum atomic E-state index is 12.8. The van der Waals surface area contributed by atoms with Gasteiger partial charge in [0.1, 0.15) is 0 Å². The lowest BCUT2D eigenvalue weighted by Gasteiger charge is -2.16. The highest BCUT2D eigenvalue weighted by Gasteiger charge is 2.32. The third kappa shape index (κ3) is 6.93. The van der Waals surface area contributed by atoms with Crippen molar-refractivity contribution < 1.29 is 17.9 Å². The number of likely N-dealkylation sites (N-methyl/N-ethyl adjacent to an activating group) is 1. The Morgan fingerprint density at radius 3 is 2.57 bits per heavy atom. The fraction of sp³-hybridized carbons (Fsp3) is 0.600. The van der Waals surface area contributed by atoms with E-state index in [1.165, 1.54) is 12.1 Å². The van der Waals surface area contributed by atoms with E-state index in [0.717, 1.165) is 25.6 Å². The molecule has 0 saturated heterocycles. The summed E-state index contributed by atoms with van der Waals surface area (Å²) < 4.78 is 43.4. The van der Waals surface area contributed by atoms with E-state index in [9.17, 15) is 13.2 Å². The van der Waals surface area contributed by atoms with Crippen molar-refractivity contribution in [2.24, 2.45) is 0 Å². The molecule has 3 nitrogen and oxygen atoms in total. The first-order valence-electron chi connectivity index (χ1n) is 6.98. The number of ether oxygens (including phenoxy) is 1. The average molecular weight is 304 g/mol. The summed E-state index contributed by atoms with van der Waals surface area (Å²) in [5.41, 5.74) is -0.271. The van der Waals surface area contributed by atoms with Crippen molar-refractivity contribution in [2.45, 2.75) is 19.1 Å². The normalized spacial score (nSPS) is 12.1. The second kappa shape index (κ2) is 9.02. The van der Waals surface area contributed by atoms with Crippen LogP contribution in [-0.4, -0.2) is 45.3 Å². The Labute approximate surface area is 124 Å². The third-order valence-corrected chi connectivity index (χ3v) is 3.21. The van der Waals surface area contributed by atoms with Gasteiger partial charge in [-0.1, -0.05) is 18.2 Å². The molecule has 120 valence electrons. The summed E-state index contributed by atoms with van der Waals surface area (Å²) in [6.45, 7) is 3.34. The highest BCUT2D eigenvalue weighted by atomic mass is 19.4. The van der Waals surface area contributed by atoms with Gasteiger partial charge in [0.15, 0.2) is 0 Å². The van der Waals surface area contributed by atoms with Crippen molar-refractivity contribution in [1.82, 2.24) is 10.2 Å². The predicted molar refractivity (Wildman–Crippen MR) is 77.1 cm³/mol. The van der Waals surface area contributed by atoms with Gasteiger partial charge in [-0.25, -0.2) is 0 Å². The van der Waals surface area contributed by atoms with Crippen LogP contribution in [0.25, 0.3) is 0 Å². The van der Waals surface area contributed by atoms with Crippen molar-refractivity contribution in [2.75, 3.05) is 40.4 Å². The van der Waals surface area contributed by atoms with Crippen LogP contribution in [0.2, 0.25) is 0 Å². The molecule has 0 aliphatic rings. The van der Waals surface area contributed by atoms with E-state index in [0.29, 0.717) is 13.2 Å². The molecule has 0 amide bonds. The van der Waals surface area contributed by atoms with E-state index in [1.54, 1.807) is 13.2 Å². The summed E-state index contributed by atoms with van der Waals surface area (Å²) in [6.07, 6.45) is -3.41. The number of alkyl halides is 3. The van der Waals surface area contributed by atoms with Crippen LogP contribution in [0.1, 0.15) is 17.5 Å². The fourth-order valence-corrected chi connectivity index (χ4v) is 2.01. The molecule has 0 radical (unpaired) electrons. The summed E-state index contributed by atoms with van der Waals surface area (Å²) in [6, 6.07) is 5.68.